The van der Waals surface area contributed by atoms with Crippen LogP contribution in [0.5, 0.6) is 5.75 Å². The number of nitrogens with one attached hydrogen (secondary N) is 1. The van der Waals surface area contributed by atoms with E-state index >= 15 is 0 Å². The van der Waals surface area contributed by atoms with Crippen LogP contribution in [0.1, 0.15) is 56.6 Å². The predicted molar refractivity (Wildman–Crippen MR) is 165 cm³/mol. The molecule has 230 valence electrons. The van der Waals surface area contributed by atoms with Crippen molar-refractivity contribution in [3.63, 3.8) is 0 Å². The number of methoxy groups -OCH3 is 1. The van der Waals surface area contributed by atoms with Gasteiger partial charge in [0.25, 0.3) is 10.0 Å². The predicted octanol–water partition coefficient (Wildman–Crippen LogP) is 5.59. The normalized spacial score (nSPS) is 14.5. The number of ether oxygens (including phenoxy) is 1. The summed E-state index contributed by atoms with van der Waals surface area (Å²) in [4.78, 5) is 29.3. The minimum Gasteiger partial charge on any atom is -0.497 e. The van der Waals surface area contributed by atoms with Gasteiger partial charge < -0.3 is 15.0 Å². The first-order valence-corrected chi connectivity index (χ1v) is 16.1. The molecule has 0 radical (unpaired) electrons. The second-order valence-corrected chi connectivity index (χ2v) is 12.8. The smallest absolute Gasteiger partial charge is 0.264 e. The van der Waals surface area contributed by atoms with Gasteiger partial charge in [-0.3, -0.25) is 13.9 Å². The Balaban J connectivity index is 1.71. The average Bonchev–Trinajstić information content (AvgIpc) is 3.01. The fraction of sp³-hybridized carbons (Fsp3) is 0.394. The van der Waals surface area contributed by atoms with Crippen molar-refractivity contribution < 1.29 is 27.1 Å². The Labute approximate surface area is 253 Å². The van der Waals surface area contributed by atoms with E-state index in [2.05, 4.69) is 5.32 Å². The highest BCUT2D eigenvalue weighted by molar-refractivity contribution is 7.92. The SMILES string of the molecule is CC[C@H](C(=O)NC1CCCCC1)N(Cc1cccc(OC)c1)C(=O)CN(c1ccc(F)cc1)S(=O)(=O)c1ccc(C)cc1. The third-order valence-corrected chi connectivity index (χ3v) is 9.62. The van der Waals surface area contributed by atoms with Crippen molar-refractivity contribution in [3.8, 4) is 5.75 Å². The molecule has 4 rings (SSSR count). The lowest BCUT2D eigenvalue weighted by atomic mass is 9.95. The molecule has 0 bridgehead atoms. The van der Waals surface area contributed by atoms with Crippen LogP contribution in [0.4, 0.5) is 10.1 Å². The number of carbonyl (C=O) groups is 2. The van der Waals surface area contributed by atoms with Crippen molar-refractivity contribution in [1.82, 2.24) is 10.2 Å². The molecule has 1 aliphatic carbocycles. The number of benzene rings is 3. The molecule has 3 aromatic carbocycles. The number of nitrogens with zero attached hydrogens (tertiary/aromatic N) is 2. The number of carbonyl (C=O) groups excluding carboxylic acids is 2. The molecule has 1 saturated carbocycles. The second kappa shape index (κ2) is 14.5. The van der Waals surface area contributed by atoms with Gasteiger partial charge in [0.2, 0.25) is 11.8 Å². The number of hydrogen-bond acceptors (Lipinski definition) is 5. The van der Waals surface area contributed by atoms with Crippen molar-refractivity contribution in [3.05, 3.63) is 89.7 Å². The summed E-state index contributed by atoms with van der Waals surface area (Å²) in [6, 6.07) is 17.7. The lowest BCUT2D eigenvalue weighted by Gasteiger charge is -2.34. The molecule has 0 unspecified atom stereocenters. The first-order valence-electron chi connectivity index (χ1n) is 14.7. The third kappa shape index (κ3) is 8.13. The minimum absolute atomic E-state index is 0.00310. The van der Waals surface area contributed by atoms with E-state index in [1.54, 1.807) is 37.4 Å². The number of aryl methyl sites for hydroxylation is 1. The van der Waals surface area contributed by atoms with Crippen LogP contribution >= 0.6 is 0 Å². The third-order valence-electron chi connectivity index (χ3n) is 7.83. The number of halogens is 1. The van der Waals surface area contributed by atoms with Gasteiger partial charge in [-0.15, -0.1) is 0 Å². The van der Waals surface area contributed by atoms with E-state index in [9.17, 15) is 22.4 Å². The molecule has 1 fully saturated rings. The van der Waals surface area contributed by atoms with Crippen molar-refractivity contribution in [2.24, 2.45) is 0 Å². The van der Waals surface area contributed by atoms with E-state index < -0.39 is 34.3 Å². The summed E-state index contributed by atoms with van der Waals surface area (Å²) in [5.41, 5.74) is 1.74. The van der Waals surface area contributed by atoms with Crippen LogP contribution in [0.2, 0.25) is 0 Å². The Morgan fingerprint density at radius 3 is 2.30 bits per heavy atom. The summed E-state index contributed by atoms with van der Waals surface area (Å²) in [6.07, 6.45) is 5.32. The van der Waals surface area contributed by atoms with Crippen LogP contribution in [0.15, 0.2) is 77.7 Å². The zero-order chi connectivity index (χ0) is 31.0. The number of sulfonamides is 1. The zero-order valence-corrected chi connectivity index (χ0v) is 25.8. The van der Waals surface area contributed by atoms with E-state index in [4.69, 9.17) is 4.74 Å². The first-order chi connectivity index (χ1) is 20.6. The quantitative estimate of drug-likeness (QED) is 0.289. The van der Waals surface area contributed by atoms with Gasteiger partial charge >= 0.3 is 0 Å². The molecule has 0 spiro atoms. The molecule has 1 N–H and O–H groups in total. The highest BCUT2D eigenvalue weighted by atomic mass is 32.2. The fourth-order valence-corrected chi connectivity index (χ4v) is 6.82. The van der Waals surface area contributed by atoms with Crippen LogP contribution < -0.4 is 14.4 Å². The number of hydrogen-bond donors (Lipinski definition) is 1. The van der Waals surface area contributed by atoms with Crippen LogP contribution in [-0.4, -0.2) is 50.9 Å². The molecule has 1 aliphatic rings. The molecule has 0 saturated heterocycles. The summed E-state index contributed by atoms with van der Waals surface area (Å²) in [5.74, 6) is -0.763. The van der Waals surface area contributed by atoms with Gasteiger partial charge in [-0.25, -0.2) is 12.8 Å². The molecule has 43 heavy (non-hydrogen) atoms. The van der Waals surface area contributed by atoms with Crippen molar-refractivity contribution in [2.45, 2.75) is 75.9 Å². The van der Waals surface area contributed by atoms with E-state index in [-0.39, 0.29) is 29.1 Å². The Bertz CT molecular complexity index is 1490. The van der Waals surface area contributed by atoms with Gasteiger partial charge in [-0.2, -0.15) is 0 Å². The van der Waals surface area contributed by atoms with E-state index in [0.29, 0.717) is 12.2 Å². The first kappa shape index (κ1) is 32.0. The monoisotopic (exact) mass is 609 g/mol. The van der Waals surface area contributed by atoms with Crippen molar-refractivity contribution in [2.75, 3.05) is 18.0 Å². The number of amides is 2. The van der Waals surface area contributed by atoms with Gasteiger partial charge in [0.1, 0.15) is 24.2 Å². The molecule has 2 amide bonds. The topological polar surface area (TPSA) is 96.0 Å². The minimum atomic E-state index is -4.23. The van der Waals surface area contributed by atoms with Crippen molar-refractivity contribution >= 4 is 27.5 Å². The highest BCUT2D eigenvalue weighted by Crippen LogP contribution is 2.26. The molecule has 0 aromatic heterocycles. The standard InChI is InChI=1S/C33H40FN3O5S/c1-4-31(33(39)35-27-10-6-5-7-11-27)36(22-25-9-8-12-29(21-25)42-3)32(38)23-37(28-17-15-26(34)16-18-28)43(40,41)30-19-13-24(2)14-20-30/h8-9,12-21,27,31H,4-7,10-11,22-23H2,1-3H3,(H,35,39)/t31-/m1/s1. The van der Waals surface area contributed by atoms with E-state index in [0.717, 1.165) is 59.7 Å². The largest absolute Gasteiger partial charge is 0.497 e. The Kier molecular flexibility index (Phi) is 10.8. The Hall–Kier alpha value is -3.92. The number of rotatable bonds is 12. The van der Waals surface area contributed by atoms with Crippen LogP contribution in [0.25, 0.3) is 0 Å². The molecular weight excluding hydrogens is 569 g/mol. The molecule has 0 heterocycles. The molecule has 10 heteroatoms. The maximum atomic E-state index is 14.2. The molecule has 3 aromatic rings. The lowest BCUT2D eigenvalue weighted by Crippen LogP contribution is -2.54. The molecule has 0 aliphatic heterocycles. The average molecular weight is 610 g/mol. The number of anilines is 1. The Morgan fingerprint density at radius 1 is 1.00 bits per heavy atom. The maximum Gasteiger partial charge on any atom is 0.264 e. The van der Waals surface area contributed by atoms with Gasteiger partial charge in [-0.05, 0) is 80.3 Å². The second-order valence-electron chi connectivity index (χ2n) is 10.9. The molecule has 8 nitrogen and oxygen atoms in total. The Morgan fingerprint density at radius 2 is 1.67 bits per heavy atom. The highest BCUT2D eigenvalue weighted by Gasteiger charge is 2.34. The van der Waals surface area contributed by atoms with Crippen LogP contribution in [0.3, 0.4) is 0 Å². The van der Waals surface area contributed by atoms with Gasteiger partial charge in [-0.1, -0.05) is 56.0 Å². The van der Waals surface area contributed by atoms with Gasteiger partial charge in [0.05, 0.1) is 17.7 Å². The van der Waals surface area contributed by atoms with Gasteiger partial charge in [0.15, 0.2) is 0 Å². The summed E-state index contributed by atoms with van der Waals surface area (Å²) in [7, 11) is -2.68. The fourth-order valence-electron chi connectivity index (χ4n) is 5.40. The van der Waals surface area contributed by atoms with Crippen LogP contribution in [0, 0.1) is 12.7 Å². The zero-order valence-electron chi connectivity index (χ0n) is 25.0. The summed E-state index contributed by atoms with van der Waals surface area (Å²) < 4.78 is 48.0. The lowest BCUT2D eigenvalue weighted by molar-refractivity contribution is -0.140. The van der Waals surface area contributed by atoms with Crippen molar-refractivity contribution in [1.29, 1.82) is 0 Å². The maximum absolute atomic E-state index is 14.2. The van der Waals surface area contributed by atoms with Gasteiger partial charge in [0, 0.05) is 12.6 Å². The summed E-state index contributed by atoms with van der Waals surface area (Å²) >= 11 is 0. The molecule has 1 atom stereocenters. The van der Waals surface area contributed by atoms with E-state index in [1.807, 2.05) is 19.9 Å². The summed E-state index contributed by atoms with van der Waals surface area (Å²) in [5, 5.41) is 3.14. The summed E-state index contributed by atoms with van der Waals surface area (Å²) in [6.45, 7) is 3.16. The van der Waals surface area contributed by atoms with E-state index in [1.165, 1.54) is 29.2 Å². The molecular formula is C33H40FN3O5S. The van der Waals surface area contributed by atoms with Crippen LogP contribution in [-0.2, 0) is 26.2 Å².